The van der Waals surface area contributed by atoms with Gasteiger partial charge in [0, 0.05) is 17.1 Å². The molecule has 1 unspecified atom stereocenters. The van der Waals surface area contributed by atoms with E-state index in [0.29, 0.717) is 22.7 Å². The number of aliphatic carboxylic acids is 1. The summed E-state index contributed by atoms with van der Waals surface area (Å²) < 4.78 is 28.6. The predicted molar refractivity (Wildman–Crippen MR) is 129 cm³/mol. The Labute approximate surface area is 196 Å². The highest BCUT2D eigenvalue weighted by Crippen LogP contribution is 2.33. The summed E-state index contributed by atoms with van der Waals surface area (Å²) >= 11 is 1.06. The Hall–Kier alpha value is -3.21. The Morgan fingerprint density at radius 1 is 1.03 bits per heavy atom. The maximum Gasteiger partial charge on any atom is 0.319 e. The first-order valence-corrected chi connectivity index (χ1v) is 12.6. The number of nitrogens with one attached hydrogen (secondary N) is 3. The molecule has 4 N–H and O–H groups in total. The first-order chi connectivity index (χ1) is 15.8. The van der Waals surface area contributed by atoms with Gasteiger partial charge in [-0.15, -0.1) is 11.3 Å². The number of sulfonamides is 1. The molecule has 10 heteroatoms. The number of carbonyl (C=O) groups excluding carboxylic acids is 1. The third-order valence-electron chi connectivity index (χ3n) is 4.66. The Kier molecular flexibility index (Phi) is 8.21. The maximum absolute atomic E-state index is 13.0. The monoisotopic (exact) mass is 487 g/mol. The quantitative estimate of drug-likeness (QED) is 0.336. The van der Waals surface area contributed by atoms with Gasteiger partial charge >= 0.3 is 12.0 Å². The smallest absolute Gasteiger partial charge is 0.319 e. The Morgan fingerprint density at radius 2 is 1.79 bits per heavy atom. The lowest BCUT2D eigenvalue weighted by atomic mass is 10.1. The molecule has 0 aliphatic carbocycles. The highest BCUT2D eigenvalue weighted by atomic mass is 32.2. The summed E-state index contributed by atoms with van der Waals surface area (Å²) in [4.78, 5) is 23.9. The SMILES string of the molecule is CCCNC(=O)Nc1cccc(-c2ccc(S(=O)(=O)NC(CC(=O)O)c3ccccc3)s2)c1. The van der Waals surface area contributed by atoms with E-state index in [1.165, 1.54) is 6.07 Å². The summed E-state index contributed by atoms with van der Waals surface area (Å²) in [7, 11) is -3.95. The third-order valence-corrected chi connectivity index (χ3v) is 7.76. The van der Waals surface area contributed by atoms with Crippen molar-refractivity contribution in [2.24, 2.45) is 0 Å². The topological polar surface area (TPSA) is 125 Å². The van der Waals surface area contributed by atoms with E-state index in [2.05, 4.69) is 15.4 Å². The highest BCUT2D eigenvalue weighted by molar-refractivity contribution is 7.91. The minimum absolute atomic E-state index is 0.0721. The molecule has 33 heavy (non-hydrogen) atoms. The number of hydrogen-bond donors (Lipinski definition) is 4. The second kappa shape index (κ2) is 11.1. The molecular weight excluding hydrogens is 462 g/mol. The van der Waals surface area contributed by atoms with Crippen LogP contribution in [0.4, 0.5) is 10.5 Å². The zero-order valence-electron chi connectivity index (χ0n) is 17.9. The number of urea groups is 1. The number of amides is 2. The standard InChI is InChI=1S/C23H25N3O5S2/c1-2-13-24-23(29)25-18-10-6-9-17(14-18)20-11-12-22(32-20)33(30,31)26-19(15-21(27)28)16-7-4-3-5-8-16/h3-12,14,19,26H,2,13,15H2,1H3,(H,27,28)(H2,24,25,29). The van der Waals surface area contributed by atoms with Gasteiger partial charge in [-0.1, -0.05) is 49.4 Å². The molecule has 3 rings (SSSR count). The Morgan fingerprint density at radius 3 is 2.48 bits per heavy atom. The van der Waals surface area contributed by atoms with Crippen LogP contribution in [0.5, 0.6) is 0 Å². The number of carboxylic acids is 1. The van der Waals surface area contributed by atoms with Crippen molar-refractivity contribution in [2.45, 2.75) is 30.0 Å². The van der Waals surface area contributed by atoms with Crippen LogP contribution in [-0.4, -0.2) is 32.1 Å². The summed E-state index contributed by atoms with van der Waals surface area (Å²) in [5.41, 5.74) is 1.91. The number of hydrogen-bond acceptors (Lipinski definition) is 5. The fourth-order valence-corrected chi connectivity index (χ4v) is 5.66. The van der Waals surface area contributed by atoms with Crippen molar-refractivity contribution in [3.05, 3.63) is 72.3 Å². The van der Waals surface area contributed by atoms with E-state index in [0.717, 1.165) is 23.3 Å². The van der Waals surface area contributed by atoms with E-state index in [1.807, 2.05) is 13.0 Å². The van der Waals surface area contributed by atoms with Crippen LogP contribution >= 0.6 is 11.3 Å². The van der Waals surface area contributed by atoms with Crippen molar-refractivity contribution < 1.29 is 23.1 Å². The first-order valence-electron chi connectivity index (χ1n) is 10.3. The van der Waals surface area contributed by atoms with Gasteiger partial charge in [-0.05, 0) is 41.8 Å². The normalized spacial score (nSPS) is 12.2. The van der Waals surface area contributed by atoms with Gasteiger partial charge < -0.3 is 15.7 Å². The summed E-state index contributed by atoms with van der Waals surface area (Å²) in [6.07, 6.45) is 0.445. The van der Waals surface area contributed by atoms with Gasteiger partial charge in [0.15, 0.2) is 0 Å². The summed E-state index contributed by atoms with van der Waals surface area (Å²) in [6.45, 7) is 2.53. The summed E-state index contributed by atoms with van der Waals surface area (Å²) in [5, 5.41) is 14.7. The van der Waals surface area contributed by atoms with Gasteiger partial charge in [-0.2, -0.15) is 0 Å². The number of thiophene rings is 1. The number of carbonyl (C=O) groups is 2. The average Bonchev–Trinajstić information content (AvgIpc) is 3.29. The van der Waals surface area contributed by atoms with Gasteiger partial charge in [-0.25, -0.2) is 17.9 Å². The van der Waals surface area contributed by atoms with E-state index < -0.39 is 22.0 Å². The van der Waals surface area contributed by atoms with E-state index in [1.54, 1.807) is 54.6 Å². The van der Waals surface area contributed by atoms with Crippen LogP contribution in [0.2, 0.25) is 0 Å². The maximum atomic E-state index is 13.0. The molecule has 2 amide bonds. The van der Waals surface area contributed by atoms with Crippen LogP contribution in [0.3, 0.4) is 0 Å². The van der Waals surface area contributed by atoms with Crippen LogP contribution in [0.1, 0.15) is 31.4 Å². The zero-order valence-corrected chi connectivity index (χ0v) is 19.6. The zero-order chi connectivity index (χ0) is 23.8. The molecule has 0 saturated heterocycles. The minimum atomic E-state index is -3.95. The Balaban J connectivity index is 1.79. The molecule has 0 bridgehead atoms. The van der Waals surface area contributed by atoms with Crippen molar-refractivity contribution in [2.75, 3.05) is 11.9 Å². The second-order valence-corrected chi connectivity index (χ2v) is 10.3. The molecule has 8 nitrogen and oxygen atoms in total. The molecule has 0 aliphatic heterocycles. The molecule has 0 aliphatic rings. The molecule has 1 aromatic heterocycles. The van der Waals surface area contributed by atoms with E-state index >= 15 is 0 Å². The number of anilines is 1. The molecule has 1 heterocycles. The van der Waals surface area contributed by atoms with E-state index in [9.17, 15) is 23.1 Å². The van der Waals surface area contributed by atoms with Crippen LogP contribution in [0.15, 0.2) is 70.9 Å². The summed E-state index contributed by atoms with van der Waals surface area (Å²) in [6, 6.07) is 17.7. The van der Waals surface area contributed by atoms with Gasteiger partial charge in [0.05, 0.1) is 12.5 Å². The molecule has 0 fully saturated rings. The van der Waals surface area contributed by atoms with E-state index in [-0.39, 0.29) is 16.7 Å². The van der Waals surface area contributed by atoms with Crippen LogP contribution < -0.4 is 15.4 Å². The molecule has 2 aromatic carbocycles. The van der Waals surface area contributed by atoms with E-state index in [4.69, 9.17) is 0 Å². The second-order valence-electron chi connectivity index (χ2n) is 7.26. The number of rotatable bonds is 10. The lowest BCUT2D eigenvalue weighted by molar-refractivity contribution is -0.137. The number of carboxylic acid groups (broad SMARTS) is 1. The van der Waals surface area contributed by atoms with Gasteiger partial charge in [-0.3, -0.25) is 4.79 Å². The lowest BCUT2D eigenvalue weighted by Crippen LogP contribution is -2.29. The van der Waals surface area contributed by atoms with Crippen molar-refractivity contribution in [1.82, 2.24) is 10.0 Å². The van der Waals surface area contributed by atoms with Crippen LogP contribution in [0.25, 0.3) is 10.4 Å². The summed E-state index contributed by atoms with van der Waals surface area (Å²) in [5.74, 6) is -1.11. The molecule has 0 spiro atoms. The van der Waals surface area contributed by atoms with Gasteiger partial charge in [0.2, 0.25) is 0 Å². The van der Waals surface area contributed by atoms with Crippen molar-refractivity contribution >= 4 is 39.0 Å². The first kappa shape index (κ1) is 24.4. The van der Waals surface area contributed by atoms with Crippen LogP contribution in [0, 0.1) is 0 Å². The molecule has 174 valence electrons. The fourth-order valence-electron chi connectivity index (χ4n) is 3.12. The molecule has 3 aromatic rings. The molecule has 0 saturated carbocycles. The van der Waals surface area contributed by atoms with Crippen molar-refractivity contribution in [1.29, 1.82) is 0 Å². The fraction of sp³-hybridized carbons (Fsp3) is 0.217. The lowest BCUT2D eigenvalue weighted by Gasteiger charge is -2.16. The van der Waals surface area contributed by atoms with Gasteiger partial charge in [0.25, 0.3) is 10.0 Å². The highest BCUT2D eigenvalue weighted by Gasteiger charge is 2.25. The third kappa shape index (κ3) is 6.88. The van der Waals surface area contributed by atoms with Crippen LogP contribution in [-0.2, 0) is 14.8 Å². The van der Waals surface area contributed by atoms with Crippen molar-refractivity contribution in [3.8, 4) is 10.4 Å². The van der Waals surface area contributed by atoms with Gasteiger partial charge in [0.1, 0.15) is 4.21 Å². The number of benzene rings is 2. The van der Waals surface area contributed by atoms with Crippen molar-refractivity contribution in [3.63, 3.8) is 0 Å². The minimum Gasteiger partial charge on any atom is -0.481 e. The average molecular weight is 488 g/mol. The predicted octanol–water partition coefficient (Wildman–Crippen LogP) is 4.44. The largest absolute Gasteiger partial charge is 0.481 e. The molecule has 0 radical (unpaired) electrons. The Bertz CT molecular complexity index is 1210. The molecular formula is C23H25N3O5S2. The molecule has 1 atom stereocenters.